The number of allylic oxidation sites excluding steroid dienone is 1. The first kappa shape index (κ1) is 12.3. The molecule has 0 bridgehead atoms. The van der Waals surface area contributed by atoms with Gasteiger partial charge in [0.2, 0.25) is 0 Å². The third-order valence-corrected chi connectivity index (χ3v) is 4.89. The summed E-state index contributed by atoms with van der Waals surface area (Å²) in [5, 5.41) is 3.76. The van der Waals surface area contributed by atoms with E-state index in [-0.39, 0.29) is 0 Å². The van der Waals surface area contributed by atoms with E-state index in [1.54, 1.807) is 0 Å². The Labute approximate surface area is 120 Å². The number of hydrogen-bond donors (Lipinski definition) is 1. The van der Waals surface area contributed by atoms with Gasteiger partial charge in [-0.3, -0.25) is 0 Å². The van der Waals surface area contributed by atoms with Crippen molar-refractivity contribution in [1.82, 2.24) is 5.32 Å². The SMILES string of the molecule is C[C@H](N[C@H]1C[C@H]2CC=C[C@@H]21)c1ccc2c(c1)OCCO2. The zero-order valence-electron chi connectivity index (χ0n) is 11.8. The van der Waals surface area contributed by atoms with Gasteiger partial charge in [-0.2, -0.15) is 0 Å². The predicted octanol–water partition coefficient (Wildman–Crippen LogP) is 3.07. The van der Waals surface area contributed by atoms with Crippen LogP contribution in [0, 0.1) is 11.8 Å². The van der Waals surface area contributed by atoms with Crippen LogP contribution in [0.25, 0.3) is 0 Å². The number of fused-ring (bicyclic) bond motifs is 2. The molecule has 0 amide bonds. The summed E-state index contributed by atoms with van der Waals surface area (Å²) in [5.74, 6) is 3.42. The fourth-order valence-electron chi connectivity index (χ4n) is 3.65. The molecule has 0 unspecified atom stereocenters. The Hall–Kier alpha value is -1.48. The Balaban J connectivity index is 1.45. The Kier molecular flexibility index (Phi) is 2.95. The minimum atomic E-state index is 0.353. The topological polar surface area (TPSA) is 30.5 Å². The molecule has 1 aromatic carbocycles. The zero-order valence-corrected chi connectivity index (χ0v) is 11.8. The molecule has 1 aromatic rings. The molecule has 1 N–H and O–H groups in total. The Morgan fingerprint density at radius 2 is 2.05 bits per heavy atom. The molecular weight excluding hydrogens is 250 g/mol. The normalized spacial score (nSPS) is 31.6. The molecule has 4 rings (SSSR count). The molecule has 0 aromatic heterocycles. The lowest BCUT2D eigenvalue weighted by molar-refractivity contribution is 0.152. The lowest BCUT2D eigenvalue weighted by atomic mass is 9.71. The minimum absolute atomic E-state index is 0.353. The molecule has 3 heteroatoms. The first-order chi connectivity index (χ1) is 9.81. The van der Waals surface area contributed by atoms with E-state index in [4.69, 9.17) is 9.47 Å². The molecule has 3 nitrogen and oxygen atoms in total. The summed E-state index contributed by atoms with van der Waals surface area (Å²) in [4.78, 5) is 0. The van der Waals surface area contributed by atoms with Crippen LogP contribution in [0.4, 0.5) is 0 Å². The highest BCUT2D eigenvalue weighted by molar-refractivity contribution is 5.44. The number of ether oxygens (including phenoxy) is 2. The van der Waals surface area contributed by atoms with Gasteiger partial charge in [0.15, 0.2) is 11.5 Å². The van der Waals surface area contributed by atoms with Crippen LogP contribution < -0.4 is 14.8 Å². The van der Waals surface area contributed by atoms with Crippen molar-refractivity contribution < 1.29 is 9.47 Å². The van der Waals surface area contributed by atoms with E-state index < -0.39 is 0 Å². The van der Waals surface area contributed by atoms with Crippen molar-refractivity contribution in [1.29, 1.82) is 0 Å². The Morgan fingerprint density at radius 1 is 1.20 bits per heavy atom. The van der Waals surface area contributed by atoms with E-state index >= 15 is 0 Å². The smallest absolute Gasteiger partial charge is 0.161 e. The van der Waals surface area contributed by atoms with E-state index in [2.05, 4.69) is 36.5 Å². The monoisotopic (exact) mass is 271 g/mol. The molecule has 2 aliphatic carbocycles. The summed E-state index contributed by atoms with van der Waals surface area (Å²) in [7, 11) is 0. The third kappa shape index (κ3) is 2.01. The first-order valence-electron chi connectivity index (χ1n) is 7.63. The molecule has 0 spiro atoms. The fourth-order valence-corrected chi connectivity index (χ4v) is 3.65. The van der Waals surface area contributed by atoms with Crippen LogP contribution in [0.5, 0.6) is 11.5 Å². The van der Waals surface area contributed by atoms with Crippen LogP contribution in [0.3, 0.4) is 0 Å². The van der Waals surface area contributed by atoms with Gasteiger partial charge in [-0.15, -0.1) is 0 Å². The van der Waals surface area contributed by atoms with Crippen molar-refractivity contribution in [3.8, 4) is 11.5 Å². The van der Waals surface area contributed by atoms with Gasteiger partial charge in [0, 0.05) is 12.1 Å². The second-order valence-electron chi connectivity index (χ2n) is 6.13. The molecule has 0 saturated heterocycles. The highest BCUT2D eigenvalue weighted by atomic mass is 16.6. The number of rotatable bonds is 3. The number of benzene rings is 1. The predicted molar refractivity (Wildman–Crippen MR) is 78.1 cm³/mol. The average Bonchev–Trinajstić information content (AvgIpc) is 2.85. The lowest BCUT2D eigenvalue weighted by Gasteiger charge is -2.42. The molecule has 1 aliphatic heterocycles. The summed E-state index contributed by atoms with van der Waals surface area (Å²) in [6, 6.07) is 7.28. The van der Waals surface area contributed by atoms with Gasteiger partial charge in [-0.1, -0.05) is 18.2 Å². The second-order valence-corrected chi connectivity index (χ2v) is 6.13. The van der Waals surface area contributed by atoms with E-state index in [1.807, 2.05) is 6.07 Å². The largest absolute Gasteiger partial charge is 0.486 e. The van der Waals surface area contributed by atoms with Gasteiger partial charge in [0.05, 0.1) is 0 Å². The van der Waals surface area contributed by atoms with Crippen molar-refractivity contribution in [2.24, 2.45) is 11.8 Å². The van der Waals surface area contributed by atoms with Crippen molar-refractivity contribution in [2.75, 3.05) is 13.2 Å². The van der Waals surface area contributed by atoms with E-state index in [0.29, 0.717) is 25.3 Å². The molecule has 0 radical (unpaired) electrons. The van der Waals surface area contributed by atoms with Crippen molar-refractivity contribution in [3.05, 3.63) is 35.9 Å². The van der Waals surface area contributed by atoms with Gasteiger partial charge >= 0.3 is 0 Å². The third-order valence-electron chi connectivity index (χ3n) is 4.89. The molecule has 1 heterocycles. The van der Waals surface area contributed by atoms with Crippen molar-refractivity contribution >= 4 is 0 Å². The number of nitrogens with one attached hydrogen (secondary N) is 1. The summed E-state index contributed by atoms with van der Waals surface area (Å²) in [5.41, 5.74) is 1.28. The fraction of sp³-hybridized carbons (Fsp3) is 0.529. The van der Waals surface area contributed by atoms with Crippen LogP contribution in [-0.4, -0.2) is 19.3 Å². The van der Waals surface area contributed by atoms with Gasteiger partial charge in [0.1, 0.15) is 13.2 Å². The zero-order chi connectivity index (χ0) is 13.5. The van der Waals surface area contributed by atoms with E-state index in [9.17, 15) is 0 Å². The maximum Gasteiger partial charge on any atom is 0.161 e. The minimum Gasteiger partial charge on any atom is -0.486 e. The molecule has 20 heavy (non-hydrogen) atoms. The molecular formula is C17H21NO2. The van der Waals surface area contributed by atoms with Crippen molar-refractivity contribution in [3.63, 3.8) is 0 Å². The van der Waals surface area contributed by atoms with Gasteiger partial charge in [-0.25, -0.2) is 0 Å². The van der Waals surface area contributed by atoms with Gasteiger partial charge < -0.3 is 14.8 Å². The summed E-state index contributed by atoms with van der Waals surface area (Å²) in [6.07, 6.45) is 7.32. The van der Waals surface area contributed by atoms with Crippen molar-refractivity contribution in [2.45, 2.75) is 31.8 Å². The van der Waals surface area contributed by atoms with Crippen LogP contribution in [0.2, 0.25) is 0 Å². The molecule has 3 aliphatic rings. The number of hydrogen-bond acceptors (Lipinski definition) is 3. The Morgan fingerprint density at radius 3 is 2.90 bits per heavy atom. The highest BCUT2D eigenvalue weighted by Crippen LogP contribution is 2.43. The molecule has 1 saturated carbocycles. The van der Waals surface area contributed by atoms with Crippen LogP contribution in [0.15, 0.2) is 30.4 Å². The molecule has 106 valence electrons. The highest BCUT2D eigenvalue weighted by Gasteiger charge is 2.41. The Bertz CT molecular complexity index is 540. The second kappa shape index (κ2) is 4.81. The van der Waals surface area contributed by atoms with Gasteiger partial charge in [-0.05, 0) is 49.3 Å². The van der Waals surface area contributed by atoms with Crippen LogP contribution in [0.1, 0.15) is 31.4 Å². The average molecular weight is 271 g/mol. The van der Waals surface area contributed by atoms with E-state index in [0.717, 1.165) is 23.3 Å². The summed E-state index contributed by atoms with van der Waals surface area (Å²) < 4.78 is 11.2. The van der Waals surface area contributed by atoms with Gasteiger partial charge in [0.25, 0.3) is 0 Å². The maximum atomic E-state index is 5.66. The quantitative estimate of drug-likeness (QED) is 0.857. The molecule has 1 fully saturated rings. The lowest BCUT2D eigenvalue weighted by Crippen LogP contribution is -2.48. The van der Waals surface area contributed by atoms with E-state index in [1.165, 1.54) is 18.4 Å². The summed E-state index contributed by atoms with van der Waals surface area (Å²) >= 11 is 0. The first-order valence-corrected chi connectivity index (χ1v) is 7.63. The van der Waals surface area contributed by atoms with Crippen LogP contribution >= 0.6 is 0 Å². The maximum absolute atomic E-state index is 5.66. The molecule has 4 atom stereocenters. The van der Waals surface area contributed by atoms with Crippen LogP contribution in [-0.2, 0) is 0 Å². The summed E-state index contributed by atoms with van der Waals surface area (Å²) in [6.45, 7) is 3.53. The standard InChI is InChI=1S/C17H21NO2/c1-11(18-15-9-13-3-2-4-14(13)15)12-5-6-16-17(10-12)20-8-7-19-16/h2,4-6,10-11,13-15,18H,3,7-9H2,1H3/t11-,13+,14-,15-/m0/s1.